The van der Waals surface area contributed by atoms with Gasteiger partial charge in [-0.25, -0.2) is 0 Å². The van der Waals surface area contributed by atoms with Crippen LogP contribution >= 0.6 is 0 Å². The van der Waals surface area contributed by atoms with Crippen molar-refractivity contribution in [3.8, 4) is 0 Å². The summed E-state index contributed by atoms with van der Waals surface area (Å²) in [5.74, 6) is 1.53. The van der Waals surface area contributed by atoms with E-state index in [1.165, 1.54) is 30.5 Å². The number of fused-ring (bicyclic) bond motifs is 1. The third-order valence-corrected chi connectivity index (χ3v) is 8.84. The third-order valence-electron chi connectivity index (χ3n) is 8.84. The summed E-state index contributed by atoms with van der Waals surface area (Å²) in [6.45, 7) is 7.88. The Bertz CT molecular complexity index is 1390. The lowest BCUT2D eigenvalue weighted by molar-refractivity contribution is -0.783. The monoisotopic (exact) mass is 609 g/mol. The van der Waals surface area contributed by atoms with Gasteiger partial charge in [0.15, 0.2) is 0 Å². The van der Waals surface area contributed by atoms with Crippen molar-refractivity contribution in [3.05, 3.63) is 63.7 Å². The maximum atomic E-state index is 13.7. The summed E-state index contributed by atoms with van der Waals surface area (Å²) in [5, 5.41) is 11.4. The first kappa shape index (κ1) is 31.1. The molecule has 1 fully saturated rings. The Morgan fingerprint density at radius 1 is 0.930 bits per heavy atom. The Balaban J connectivity index is 1.58. The number of aromatic amines is 1. The smallest absolute Gasteiger partial charge is 0.371 e. The van der Waals surface area contributed by atoms with Gasteiger partial charge in [0, 0.05) is 30.4 Å². The lowest BCUT2D eigenvalue weighted by Crippen LogP contribution is -2.35. The number of halogens is 6. The molecule has 1 N–H and O–H groups in total. The number of rotatable bonds is 6. The van der Waals surface area contributed by atoms with Crippen molar-refractivity contribution in [1.29, 1.82) is 0 Å². The quantitative estimate of drug-likeness (QED) is 0.233. The first-order chi connectivity index (χ1) is 20.2. The molecule has 0 bridgehead atoms. The zero-order valence-corrected chi connectivity index (χ0v) is 25.0. The number of benzene rings is 2. The van der Waals surface area contributed by atoms with Gasteiger partial charge in [-0.2, -0.15) is 26.3 Å². The number of tetrazole rings is 1. The van der Waals surface area contributed by atoms with Gasteiger partial charge >= 0.3 is 18.3 Å². The van der Waals surface area contributed by atoms with Gasteiger partial charge in [-0.05, 0) is 91.5 Å². The van der Waals surface area contributed by atoms with Crippen LogP contribution in [-0.2, 0) is 25.9 Å². The van der Waals surface area contributed by atoms with Crippen molar-refractivity contribution in [2.45, 2.75) is 84.2 Å². The number of H-pyrrole nitrogens is 1. The Labute approximate surface area is 248 Å². The summed E-state index contributed by atoms with van der Waals surface area (Å²) in [7, 11) is 1.63. The highest BCUT2D eigenvalue weighted by molar-refractivity contribution is 5.64. The molecule has 0 unspecified atom stereocenters. The number of hydrogen-bond donors (Lipinski definition) is 1. The fraction of sp³-hybridized carbons (Fsp3) is 0.581. The van der Waals surface area contributed by atoms with Crippen LogP contribution in [0, 0.1) is 25.7 Å². The van der Waals surface area contributed by atoms with Crippen LogP contribution in [0.2, 0.25) is 0 Å². The first-order valence-corrected chi connectivity index (χ1v) is 14.9. The van der Waals surface area contributed by atoms with Crippen LogP contribution in [0.5, 0.6) is 0 Å². The van der Waals surface area contributed by atoms with E-state index in [-0.39, 0.29) is 30.2 Å². The molecule has 0 saturated heterocycles. The Morgan fingerprint density at radius 3 is 2.16 bits per heavy atom. The van der Waals surface area contributed by atoms with Crippen molar-refractivity contribution in [2.24, 2.45) is 18.9 Å². The van der Waals surface area contributed by atoms with Crippen molar-refractivity contribution in [1.82, 2.24) is 15.4 Å². The highest BCUT2D eigenvalue weighted by atomic mass is 19.4. The molecule has 1 aliphatic heterocycles. The normalized spacial score (nSPS) is 21.4. The van der Waals surface area contributed by atoms with Crippen molar-refractivity contribution in [2.75, 3.05) is 22.9 Å². The Hall–Kier alpha value is -3.31. The molecule has 1 aliphatic carbocycles. The van der Waals surface area contributed by atoms with E-state index in [4.69, 9.17) is 0 Å². The van der Waals surface area contributed by atoms with Crippen molar-refractivity contribution in [3.63, 3.8) is 0 Å². The van der Waals surface area contributed by atoms with E-state index in [1.54, 1.807) is 11.9 Å². The standard InChI is InChI=1S/C31H38F6N6/c1-19-7-9-22(10-8-19)17-42-11-5-6-27(26-13-20(2)12-21(3)28(26)42)43(29-38-40-41(4)39-29)18-23-14-24(30(32,33)34)16-25(15-23)31(35,36)37/h12-16,19,22,27H,5-11,17-18H2,1-4H3/p+1/t19?,22?,27-/m0/s1. The predicted octanol–water partition coefficient (Wildman–Crippen LogP) is 7.46. The summed E-state index contributed by atoms with van der Waals surface area (Å²) >= 11 is 0. The maximum absolute atomic E-state index is 13.7. The number of aromatic nitrogens is 4. The molecule has 0 spiro atoms. The van der Waals surface area contributed by atoms with E-state index in [0.717, 1.165) is 59.9 Å². The van der Waals surface area contributed by atoms with Gasteiger partial charge in [0.05, 0.1) is 22.3 Å². The highest BCUT2D eigenvalue weighted by Gasteiger charge is 2.39. The lowest BCUT2D eigenvalue weighted by Gasteiger charge is -2.35. The van der Waals surface area contributed by atoms with E-state index < -0.39 is 23.5 Å². The van der Waals surface area contributed by atoms with Gasteiger partial charge < -0.3 is 9.80 Å². The molecule has 2 aliphatic rings. The van der Waals surface area contributed by atoms with Gasteiger partial charge in [-0.1, -0.05) is 42.3 Å². The second-order valence-corrected chi connectivity index (χ2v) is 12.4. The van der Waals surface area contributed by atoms with Crippen LogP contribution in [0.1, 0.15) is 84.9 Å². The summed E-state index contributed by atoms with van der Waals surface area (Å²) in [6.07, 6.45) is -3.64. The minimum Gasteiger partial charge on any atom is -0.371 e. The fourth-order valence-corrected chi connectivity index (χ4v) is 6.80. The molecule has 6 nitrogen and oxygen atoms in total. The molecule has 0 radical (unpaired) electrons. The molecular weight excluding hydrogens is 570 g/mol. The van der Waals surface area contributed by atoms with Crippen LogP contribution in [-0.4, -0.2) is 28.5 Å². The Morgan fingerprint density at radius 2 is 1.58 bits per heavy atom. The number of alkyl halides is 6. The van der Waals surface area contributed by atoms with E-state index in [0.29, 0.717) is 12.3 Å². The molecule has 2 heterocycles. The summed E-state index contributed by atoms with van der Waals surface area (Å²) < 4.78 is 82.4. The molecular formula is C31H39F6N6+. The Kier molecular flexibility index (Phi) is 8.68. The van der Waals surface area contributed by atoms with E-state index in [9.17, 15) is 26.3 Å². The van der Waals surface area contributed by atoms with Gasteiger partial charge in [0.1, 0.15) is 7.05 Å². The SMILES string of the molecule is Cc1cc(C)c2c(c1)[C@@H](N(Cc1cc(C(F)(F)F)cc(C(F)(F)F)c1)c1n[nH][n+](C)n1)CCCN2CC1CCC(C)CC1. The molecule has 5 rings (SSSR count). The minimum absolute atomic E-state index is 0.113. The minimum atomic E-state index is -4.93. The fourth-order valence-electron chi connectivity index (χ4n) is 6.80. The summed E-state index contributed by atoms with van der Waals surface area (Å²) in [4.78, 5) is 5.56. The van der Waals surface area contributed by atoms with Crippen LogP contribution in [0.15, 0.2) is 30.3 Å². The van der Waals surface area contributed by atoms with Crippen LogP contribution in [0.3, 0.4) is 0 Å². The third kappa shape index (κ3) is 7.09. The van der Waals surface area contributed by atoms with Crippen LogP contribution in [0.25, 0.3) is 0 Å². The average molecular weight is 610 g/mol. The number of nitrogens with zero attached hydrogens (tertiary/aromatic N) is 5. The second-order valence-electron chi connectivity index (χ2n) is 12.4. The summed E-state index contributed by atoms with van der Waals surface area (Å²) in [5.41, 5.74) is 1.44. The molecule has 1 aromatic heterocycles. The zero-order valence-electron chi connectivity index (χ0n) is 25.0. The maximum Gasteiger partial charge on any atom is 0.416 e. The highest BCUT2D eigenvalue weighted by Crippen LogP contribution is 2.43. The number of aryl methyl sites for hydroxylation is 3. The van der Waals surface area contributed by atoms with Crippen LogP contribution < -0.4 is 14.6 Å². The molecule has 12 heteroatoms. The molecule has 43 heavy (non-hydrogen) atoms. The van der Waals surface area contributed by atoms with Gasteiger partial charge in [-0.15, -0.1) is 0 Å². The van der Waals surface area contributed by atoms with Crippen molar-refractivity contribution < 1.29 is 31.1 Å². The largest absolute Gasteiger partial charge is 0.416 e. The zero-order chi connectivity index (χ0) is 31.1. The second kappa shape index (κ2) is 12.0. The van der Waals surface area contributed by atoms with E-state index in [1.807, 2.05) is 6.92 Å². The molecule has 0 amide bonds. The molecule has 3 aromatic rings. The van der Waals surface area contributed by atoms with Crippen LogP contribution in [0.4, 0.5) is 38.0 Å². The van der Waals surface area contributed by atoms with E-state index in [2.05, 4.69) is 46.3 Å². The first-order valence-electron chi connectivity index (χ1n) is 14.9. The van der Waals surface area contributed by atoms with Crippen molar-refractivity contribution >= 4 is 11.6 Å². The molecule has 1 saturated carbocycles. The average Bonchev–Trinajstić information content (AvgIpc) is 3.26. The predicted molar refractivity (Wildman–Crippen MR) is 151 cm³/mol. The topological polar surface area (TPSA) is 51.9 Å². The molecule has 2 aromatic carbocycles. The molecule has 1 atom stereocenters. The van der Waals surface area contributed by atoms with Gasteiger partial charge in [0.25, 0.3) is 0 Å². The summed E-state index contributed by atoms with van der Waals surface area (Å²) in [6, 6.07) is 5.62. The van der Waals surface area contributed by atoms with Gasteiger partial charge in [0.2, 0.25) is 0 Å². The lowest BCUT2D eigenvalue weighted by atomic mass is 9.82. The van der Waals surface area contributed by atoms with Gasteiger partial charge in [-0.3, -0.25) is 0 Å². The van der Waals surface area contributed by atoms with E-state index >= 15 is 0 Å². The number of nitrogens with one attached hydrogen (secondary N) is 1. The number of anilines is 2. The number of hydrogen-bond acceptors (Lipinski definition) is 4. The molecule has 234 valence electrons.